The number of rotatable bonds is 4. The highest BCUT2D eigenvalue weighted by molar-refractivity contribution is 14.1. The van der Waals surface area contributed by atoms with Crippen LogP contribution < -0.4 is 14.8 Å². The number of anilines is 1. The molecule has 3 aromatic rings. The lowest BCUT2D eigenvalue weighted by atomic mass is 10.1. The van der Waals surface area contributed by atoms with Gasteiger partial charge in [-0.1, -0.05) is 30.0 Å². The van der Waals surface area contributed by atoms with E-state index in [1.807, 2.05) is 43.5 Å². The third-order valence-electron chi connectivity index (χ3n) is 4.17. The smallest absolute Gasteiger partial charge is 0.247 e. The summed E-state index contributed by atoms with van der Waals surface area (Å²) < 4.78 is 12.5. The van der Waals surface area contributed by atoms with Gasteiger partial charge in [0.2, 0.25) is 11.0 Å². The van der Waals surface area contributed by atoms with Gasteiger partial charge >= 0.3 is 0 Å². The van der Waals surface area contributed by atoms with Gasteiger partial charge in [0.15, 0.2) is 23.4 Å². The van der Waals surface area contributed by atoms with Gasteiger partial charge in [0, 0.05) is 16.8 Å². The number of thioether (sulfide) groups is 1. The SMILES string of the molecule is CCOc1cc(C2Nc3ccccc3-c3nnc(SC)nc3O2)cc(I)c1O. The maximum absolute atomic E-state index is 10.3. The maximum atomic E-state index is 10.3. The summed E-state index contributed by atoms with van der Waals surface area (Å²) in [4.78, 5) is 4.51. The first-order valence-corrected chi connectivity index (χ1v) is 10.9. The zero-order valence-electron chi connectivity index (χ0n) is 15.1. The van der Waals surface area contributed by atoms with E-state index in [0.717, 1.165) is 16.8 Å². The Bertz CT molecular complexity index is 1030. The van der Waals surface area contributed by atoms with E-state index in [4.69, 9.17) is 9.47 Å². The third kappa shape index (κ3) is 3.55. The molecule has 1 unspecified atom stereocenters. The molecule has 7 nitrogen and oxygen atoms in total. The van der Waals surface area contributed by atoms with Crippen LogP contribution in [0.5, 0.6) is 17.4 Å². The van der Waals surface area contributed by atoms with Crippen molar-refractivity contribution in [1.82, 2.24) is 15.2 Å². The van der Waals surface area contributed by atoms with Crippen LogP contribution in [0.4, 0.5) is 5.69 Å². The summed E-state index contributed by atoms with van der Waals surface area (Å²) in [5, 5.41) is 22.7. The number of phenolic OH excluding ortho intramolecular Hbond substituents is 1. The van der Waals surface area contributed by atoms with E-state index >= 15 is 0 Å². The molecule has 28 heavy (non-hydrogen) atoms. The number of nitrogens with zero attached hydrogens (tertiary/aromatic N) is 3. The van der Waals surface area contributed by atoms with Crippen molar-refractivity contribution in [2.45, 2.75) is 18.3 Å². The molecule has 1 aliphatic heterocycles. The largest absolute Gasteiger partial charge is 0.504 e. The molecule has 2 aromatic carbocycles. The summed E-state index contributed by atoms with van der Waals surface area (Å²) >= 11 is 3.48. The van der Waals surface area contributed by atoms with E-state index < -0.39 is 6.23 Å². The molecule has 2 heterocycles. The van der Waals surface area contributed by atoms with E-state index in [0.29, 0.717) is 32.7 Å². The first-order chi connectivity index (χ1) is 13.6. The lowest BCUT2D eigenvalue weighted by Gasteiger charge is -2.21. The molecule has 144 valence electrons. The van der Waals surface area contributed by atoms with Crippen LogP contribution in [0.25, 0.3) is 11.3 Å². The Hall–Kier alpha value is -2.27. The van der Waals surface area contributed by atoms with Gasteiger partial charge < -0.3 is 19.9 Å². The topological polar surface area (TPSA) is 89.4 Å². The zero-order chi connectivity index (χ0) is 19.7. The van der Waals surface area contributed by atoms with Gasteiger partial charge in [-0.3, -0.25) is 0 Å². The van der Waals surface area contributed by atoms with Crippen molar-refractivity contribution < 1.29 is 14.6 Å². The average molecular weight is 508 g/mol. The van der Waals surface area contributed by atoms with Gasteiger partial charge in [-0.2, -0.15) is 4.98 Å². The van der Waals surface area contributed by atoms with Crippen molar-refractivity contribution in [2.75, 3.05) is 18.2 Å². The van der Waals surface area contributed by atoms with Crippen molar-refractivity contribution in [3.8, 4) is 28.6 Å². The average Bonchev–Trinajstić information content (AvgIpc) is 2.87. The Morgan fingerprint density at radius 2 is 2.11 bits per heavy atom. The van der Waals surface area contributed by atoms with Crippen molar-refractivity contribution in [1.29, 1.82) is 0 Å². The fourth-order valence-corrected chi connectivity index (χ4v) is 3.82. The predicted molar refractivity (Wildman–Crippen MR) is 116 cm³/mol. The molecule has 0 spiro atoms. The molecule has 0 radical (unpaired) electrons. The minimum absolute atomic E-state index is 0.120. The van der Waals surface area contributed by atoms with E-state index in [1.165, 1.54) is 11.8 Å². The Kier molecular flexibility index (Phi) is 5.44. The molecule has 9 heteroatoms. The van der Waals surface area contributed by atoms with Gasteiger partial charge in [0.25, 0.3) is 0 Å². The Morgan fingerprint density at radius 1 is 1.29 bits per heavy atom. The second-order valence-corrected chi connectivity index (χ2v) is 7.86. The molecule has 0 amide bonds. The van der Waals surface area contributed by atoms with Gasteiger partial charge in [0.1, 0.15) is 0 Å². The lowest BCUT2D eigenvalue weighted by Crippen LogP contribution is -2.17. The van der Waals surface area contributed by atoms with Gasteiger partial charge in [-0.25, -0.2) is 0 Å². The molecule has 4 rings (SSSR count). The van der Waals surface area contributed by atoms with E-state index in [2.05, 4.69) is 43.1 Å². The molecular formula is C19H17IN4O3S. The van der Waals surface area contributed by atoms with Gasteiger partial charge in [-0.05, 0) is 54.0 Å². The highest BCUT2D eigenvalue weighted by atomic mass is 127. The summed E-state index contributed by atoms with van der Waals surface area (Å²) in [5.41, 5.74) is 3.12. The Labute approximate surface area is 180 Å². The fourth-order valence-electron chi connectivity index (χ4n) is 2.90. The number of aromatic nitrogens is 3. The van der Waals surface area contributed by atoms with Crippen LogP contribution in [-0.2, 0) is 0 Å². The number of benzene rings is 2. The monoisotopic (exact) mass is 508 g/mol. The number of phenols is 1. The molecule has 0 bridgehead atoms. The number of hydrogen-bond donors (Lipinski definition) is 2. The third-order valence-corrected chi connectivity index (χ3v) is 5.53. The van der Waals surface area contributed by atoms with Crippen molar-refractivity contribution in [3.05, 3.63) is 45.5 Å². The van der Waals surface area contributed by atoms with Crippen LogP contribution in [0.1, 0.15) is 18.7 Å². The van der Waals surface area contributed by atoms with E-state index in [9.17, 15) is 5.11 Å². The number of ether oxygens (including phenoxy) is 2. The minimum atomic E-state index is -0.540. The molecule has 0 aliphatic carbocycles. The summed E-state index contributed by atoms with van der Waals surface area (Å²) in [7, 11) is 0. The van der Waals surface area contributed by atoms with Gasteiger partial charge in [-0.15, -0.1) is 10.2 Å². The summed E-state index contributed by atoms with van der Waals surface area (Å²) in [5.74, 6) is 0.940. The molecule has 1 atom stereocenters. The number of halogens is 1. The molecule has 0 saturated carbocycles. The standard InChI is InChI=1S/C19H17IN4O3S/c1-3-26-14-9-10(8-12(20)16(14)25)17-21-13-7-5-4-6-11(13)15-18(27-17)22-19(28-2)24-23-15/h4-9,17,21,25H,3H2,1-2H3. The first kappa shape index (κ1) is 19.1. The predicted octanol–water partition coefficient (Wildman–Crippen LogP) is 4.47. The van der Waals surface area contributed by atoms with Gasteiger partial charge in [0.05, 0.1) is 10.2 Å². The number of fused-ring (bicyclic) bond motifs is 3. The van der Waals surface area contributed by atoms with Crippen molar-refractivity contribution >= 4 is 40.0 Å². The summed E-state index contributed by atoms with van der Waals surface area (Å²) in [6.45, 7) is 2.32. The number of hydrogen-bond acceptors (Lipinski definition) is 8. The fraction of sp³-hybridized carbons (Fsp3) is 0.211. The second kappa shape index (κ2) is 8.00. The molecule has 0 saturated heterocycles. The van der Waals surface area contributed by atoms with Crippen LogP contribution in [0, 0.1) is 3.57 Å². The van der Waals surface area contributed by atoms with E-state index in [1.54, 1.807) is 6.07 Å². The molecular weight excluding hydrogens is 491 g/mol. The number of aromatic hydroxyl groups is 1. The zero-order valence-corrected chi connectivity index (χ0v) is 18.1. The lowest BCUT2D eigenvalue weighted by molar-refractivity contribution is 0.224. The minimum Gasteiger partial charge on any atom is -0.504 e. The second-order valence-electron chi connectivity index (χ2n) is 5.92. The number of nitrogens with one attached hydrogen (secondary N) is 1. The molecule has 1 aliphatic rings. The Balaban J connectivity index is 1.84. The molecule has 0 fully saturated rings. The maximum Gasteiger partial charge on any atom is 0.247 e. The van der Waals surface area contributed by atoms with Crippen LogP contribution in [0.15, 0.2) is 41.6 Å². The summed E-state index contributed by atoms with van der Waals surface area (Å²) in [6.07, 6.45) is 1.35. The van der Waals surface area contributed by atoms with Crippen LogP contribution >= 0.6 is 34.4 Å². The normalized spacial score (nSPS) is 14.9. The highest BCUT2D eigenvalue weighted by Crippen LogP contribution is 2.41. The Morgan fingerprint density at radius 3 is 2.89 bits per heavy atom. The molecule has 2 N–H and O–H groups in total. The van der Waals surface area contributed by atoms with Crippen LogP contribution in [-0.4, -0.2) is 33.2 Å². The highest BCUT2D eigenvalue weighted by Gasteiger charge is 2.27. The molecule has 1 aromatic heterocycles. The van der Waals surface area contributed by atoms with E-state index in [-0.39, 0.29) is 5.75 Å². The summed E-state index contributed by atoms with van der Waals surface area (Å²) in [6, 6.07) is 11.4. The quantitative estimate of drug-likeness (QED) is 0.394. The van der Waals surface area contributed by atoms with Crippen molar-refractivity contribution in [3.63, 3.8) is 0 Å². The number of para-hydroxylation sites is 1. The first-order valence-electron chi connectivity index (χ1n) is 8.57. The van der Waals surface area contributed by atoms with Crippen molar-refractivity contribution in [2.24, 2.45) is 0 Å². The van der Waals surface area contributed by atoms with Crippen LogP contribution in [0.3, 0.4) is 0 Å². The van der Waals surface area contributed by atoms with Crippen LogP contribution in [0.2, 0.25) is 0 Å².